The van der Waals surface area contributed by atoms with Crippen molar-refractivity contribution < 1.29 is 17.6 Å². The number of H-pyrrole nitrogens is 1. The molecule has 0 unspecified atom stereocenters. The first kappa shape index (κ1) is 20.2. The Balaban J connectivity index is 1.42. The number of hydrogen-bond acceptors (Lipinski definition) is 6. The fourth-order valence-corrected chi connectivity index (χ4v) is 4.06. The van der Waals surface area contributed by atoms with E-state index in [2.05, 4.69) is 30.8 Å². The zero-order valence-corrected chi connectivity index (χ0v) is 17.0. The van der Waals surface area contributed by atoms with Crippen molar-refractivity contribution in [2.45, 2.75) is 12.7 Å². The van der Waals surface area contributed by atoms with E-state index in [4.69, 9.17) is 0 Å². The number of rotatable bonds is 5. The molecule has 0 saturated carbocycles. The topological polar surface area (TPSA) is 78.5 Å². The van der Waals surface area contributed by atoms with E-state index in [1.54, 1.807) is 6.20 Å². The van der Waals surface area contributed by atoms with E-state index in [0.29, 0.717) is 17.4 Å². The molecule has 0 bridgehead atoms. The molecule has 0 spiro atoms. The fourth-order valence-electron chi connectivity index (χ4n) is 3.28. The smallest absolute Gasteiger partial charge is 0.350 e. The Hall–Kier alpha value is -3.73. The minimum Gasteiger partial charge on any atom is -0.350 e. The second-order valence-corrected chi connectivity index (χ2v) is 7.94. The first-order valence-electron chi connectivity index (χ1n) is 9.41. The molecule has 6 nitrogen and oxygen atoms in total. The number of fused-ring (bicyclic) bond motifs is 2. The van der Waals surface area contributed by atoms with E-state index in [9.17, 15) is 17.6 Å². The number of nitrogens with zero attached hydrogens (tertiary/aromatic N) is 3. The molecule has 5 rings (SSSR count). The number of nitrogens with one attached hydrogen (secondary N) is 3. The Morgan fingerprint density at radius 3 is 2.75 bits per heavy atom. The van der Waals surface area contributed by atoms with Gasteiger partial charge in [-0.05, 0) is 53.4 Å². The second-order valence-electron chi connectivity index (χ2n) is 7.03. The number of aromatic nitrogens is 4. The summed E-state index contributed by atoms with van der Waals surface area (Å²) in [7, 11) is 0. The summed E-state index contributed by atoms with van der Waals surface area (Å²) in [5.74, 6) is -0.200. The van der Waals surface area contributed by atoms with Gasteiger partial charge in [-0.3, -0.25) is 5.10 Å². The SMILES string of the molecule is Fc1cc(CNc2nc(Nc3ccc4[nH]ncc4c3)c3sccc3n2)cc(C(F)(F)F)c1. The van der Waals surface area contributed by atoms with Crippen LogP contribution in [0.4, 0.5) is 35.0 Å². The highest BCUT2D eigenvalue weighted by atomic mass is 32.1. The highest BCUT2D eigenvalue weighted by molar-refractivity contribution is 7.17. The minimum absolute atomic E-state index is 0.0725. The van der Waals surface area contributed by atoms with Gasteiger partial charge in [0.2, 0.25) is 5.95 Å². The van der Waals surface area contributed by atoms with E-state index in [1.807, 2.05) is 29.6 Å². The van der Waals surface area contributed by atoms with Crippen LogP contribution in [0.1, 0.15) is 11.1 Å². The lowest BCUT2D eigenvalue weighted by Crippen LogP contribution is -2.09. The molecule has 0 aliphatic carbocycles. The average molecular weight is 458 g/mol. The van der Waals surface area contributed by atoms with Crippen molar-refractivity contribution in [3.8, 4) is 0 Å². The summed E-state index contributed by atoms with van der Waals surface area (Å²) in [6.45, 7) is -0.0725. The van der Waals surface area contributed by atoms with Crippen LogP contribution in [-0.4, -0.2) is 20.2 Å². The zero-order chi connectivity index (χ0) is 22.3. The van der Waals surface area contributed by atoms with Gasteiger partial charge in [0.1, 0.15) is 5.82 Å². The lowest BCUT2D eigenvalue weighted by molar-refractivity contribution is -0.137. The van der Waals surface area contributed by atoms with Crippen LogP contribution in [0.15, 0.2) is 54.0 Å². The van der Waals surface area contributed by atoms with E-state index in [-0.39, 0.29) is 18.1 Å². The zero-order valence-electron chi connectivity index (χ0n) is 16.2. The number of anilines is 3. The summed E-state index contributed by atoms with van der Waals surface area (Å²) in [6.07, 6.45) is -2.92. The third-order valence-electron chi connectivity index (χ3n) is 4.74. The molecule has 11 heteroatoms. The molecular weight excluding hydrogens is 444 g/mol. The van der Waals surface area contributed by atoms with Crippen LogP contribution in [-0.2, 0) is 12.7 Å². The number of benzene rings is 2. The molecular formula is C21H14F4N6S. The molecule has 2 aromatic carbocycles. The minimum atomic E-state index is -4.63. The van der Waals surface area contributed by atoms with E-state index in [0.717, 1.165) is 33.4 Å². The van der Waals surface area contributed by atoms with E-state index >= 15 is 0 Å². The maximum atomic E-state index is 13.7. The van der Waals surface area contributed by atoms with E-state index < -0.39 is 17.6 Å². The maximum Gasteiger partial charge on any atom is 0.416 e. The lowest BCUT2D eigenvalue weighted by Gasteiger charge is -2.12. The largest absolute Gasteiger partial charge is 0.416 e. The van der Waals surface area contributed by atoms with Crippen LogP contribution in [0.3, 0.4) is 0 Å². The highest BCUT2D eigenvalue weighted by Crippen LogP contribution is 2.32. The van der Waals surface area contributed by atoms with Gasteiger partial charge in [0, 0.05) is 17.6 Å². The van der Waals surface area contributed by atoms with Crippen LogP contribution in [0.25, 0.3) is 21.1 Å². The summed E-state index contributed by atoms with van der Waals surface area (Å²) >= 11 is 1.46. The van der Waals surface area contributed by atoms with E-state index in [1.165, 1.54) is 11.3 Å². The van der Waals surface area contributed by atoms with Crippen molar-refractivity contribution in [1.82, 2.24) is 20.2 Å². The summed E-state index contributed by atoms with van der Waals surface area (Å²) in [6, 6.07) is 9.92. The van der Waals surface area contributed by atoms with Crippen molar-refractivity contribution in [3.05, 3.63) is 71.0 Å². The van der Waals surface area contributed by atoms with Crippen LogP contribution in [0.5, 0.6) is 0 Å². The monoisotopic (exact) mass is 458 g/mol. The number of alkyl halides is 3. The summed E-state index contributed by atoms with van der Waals surface area (Å²) in [4.78, 5) is 8.89. The van der Waals surface area contributed by atoms with Crippen molar-refractivity contribution in [2.75, 3.05) is 10.6 Å². The number of aromatic amines is 1. The summed E-state index contributed by atoms with van der Waals surface area (Å²) in [5, 5.41) is 15.8. The van der Waals surface area contributed by atoms with Gasteiger partial charge in [-0.2, -0.15) is 23.3 Å². The molecule has 0 fully saturated rings. The quantitative estimate of drug-likeness (QED) is 0.278. The number of thiophene rings is 1. The summed E-state index contributed by atoms with van der Waals surface area (Å²) in [5.41, 5.74) is 1.45. The number of halogens is 4. The molecule has 0 radical (unpaired) electrons. The standard InChI is InChI=1S/C21H14F4N6S/c22-14-6-11(5-13(8-14)21(23,24)25)9-26-20-29-17-3-4-32-18(17)19(30-20)28-15-1-2-16-12(7-15)10-27-31-16/h1-8,10H,9H2,(H,27,31)(H2,26,28,29,30). The molecule has 162 valence electrons. The molecule has 32 heavy (non-hydrogen) atoms. The molecule has 3 heterocycles. The van der Waals surface area contributed by atoms with Crippen molar-refractivity contribution >= 4 is 49.9 Å². The van der Waals surface area contributed by atoms with Crippen molar-refractivity contribution in [3.63, 3.8) is 0 Å². The van der Waals surface area contributed by atoms with Gasteiger partial charge in [-0.1, -0.05) is 0 Å². The Kier molecular flexibility index (Phi) is 4.89. The molecule has 3 aromatic heterocycles. The van der Waals surface area contributed by atoms with Gasteiger partial charge in [-0.25, -0.2) is 9.37 Å². The van der Waals surface area contributed by atoms with Gasteiger partial charge in [0.05, 0.1) is 27.5 Å². The lowest BCUT2D eigenvalue weighted by atomic mass is 10.1. The fraction of sp³-hybridized carbons (Fsp3) is 0.0952. The number of hydrogen-bond donors (Lipinski definition) is 3. The van der Waals surface area contributed by atoms with Gasteiger partial charge >= 0.3 is 6.18 Å². The Morgan fingerprint density at radius 1 is 1.03 bits per heavy atom. The first-order chi connectivity index (χ1) is 15.3. The molecule has 0 aliphatic rings. The Bertz CT molecular complexity index is 1430. The van der Waals surface area contributed by atoms with Crippen LogP contribution < -0.4 is 10.6 Å². The average Bonchev–Trinajstić information content (AvgIpc) is 3.40. The predicted octanol–water partition coefficient (Wildman–Crippen LogP) is 6.08. The predicted molar refractivity (Wildman–Crippen MR) is 116 cm³/mol. The molecule has 5 aromatic rings. The van der Waals surface area contributed by atoms with Crippen molar-refractivity contribution in [1.29, 1.82) is 0 Å². The normalized spacial score (nSPS) is 11.9. The van der Waals surface area contributed by atoms with Gasteiger partial charge in [0.25, 0.3) is 0 Å². The highest BCUT2D eigenvalue weighted by Gasteiger charge is 2.31. The second kappa shape index (κ2) is 7.75. The third-order valence-corrected chi connectivity index (χ3v) is 5.65. The molecule has 0 amide bonds. The molecule has 0 saturated heterocycles. The first-order valence-corrected chi connectivity index (χ1v) is 10.3. The molecule has 0 aliphatic heterocycles. The van der Waals surface area contributed by atoms with Crippen LogP contribution in [0, 0.1) is 5.82 Å². The molecule has 3 N–H and O–H groups in total. The molecule has 0 atom stereocenters. The van der Waals surface area contributed by atoms with Crippen LogP contribution in [0.2, 0.25) is 0 Å². The van der Waals surface area contributed by atoms with Gasteiger partial charge in [0.15, 0.2) is 5.82 Å². The third kappa shape index (κ3) is 4.06. The van der Waals surface area contributed by atoms with Crippen molar-refractivity contribution in [2.24, 2.45) is 0 Å². The van der Waals surface area contributed by atoms with Gasteiger partial charge < -0.3 is 10.6 Å². The Labute approximate surface area is 182 Å². The maximum absolute atomic E-state index is 13.7. The summed E-state index contributed by atoms with van der Waals surface area (Å²) < 4.78 is 53.4. The van der Waals surface area contributed by atoms with Crippen LogP contribution >= 0.6 is 11.3 Å². The van der Waals surface area contributed by atoms with Gasteiger partial charge in [-0.15, -0.1) is 11.3 Å². The Morgan fingerprint density at radius 2 is 1.91 bits per heavy atom.